The lowest BCUT2D eigenvalue weighted by molar-refractivity contribution is -0.112. The molecule has 5 nitrogen and oxygen atoms in total. The minimum Gasteiger partial charge on any atom is -0.454 e. The van der Waals surface area contributed by atoms with Crippen molar-refractivity contribution in [3.05, 3.63) is 53.1 Å². The van der Waals surface area contributed by atoms with Gasteiger partial charge < -0.3 is 9.47 Å². The molecule has 0 N–H and O–H groups in total. The number of nitrogens with zero attached hydrogens (tertiary/aromatic N) is 2. The van der Waals surface area contributed by atoms with Crippen LogP contribution in [0.15, 0.2) is 41.4 Å². The normalized spacial score (nSPS) is 19.9. The molecule has 0 spiro atoms. The van der Waals surface area contributed by atoms with Gasteiger partial charge in [-0.15, -0.1) is 0 Å². The standard InChI is InChI=1S/C23H22N2O3/c1-5-14-8-16-13(2)11-23(3,4)25-21(16)17(9-14)20(22(25)26)24-15-6-7-18-19(10-15)28-12-27-18/h6-11H,5,12H2,1-4H3. The highest BCUT2D eigenvalue weighted by Gasteiger charge is 2.45. The number of hydrogen-bond acceptors (Lipinski definition) is 4. The molecule has 5 rings (SSSR count). The van der Waals surface area contributed by atoms with E-state index in [1.165, 1.54) is 11.1 Å². The summed E-state index contributed by atoms with van der Waals surface area (Å²) in [7, 11) is 0. The van der Waals surface area contributed by atoms with E-state index in [2.05, 4.69) is 45.9 Å². The number of amides is 1. The summed E-state index contributed by atoms with van der Waals surface area (Å²) in [6, 6.07) is 9.82. The predicted molar refractivity (Wildman–Crippen MR) is 110 cm³/mol. The van der Waals surface area contributed by atoms with Gasteiger partial charge in [0.1, 0.15) is 5.71 Å². The molecule has 0 unspecified atom stereocenters. The van der Waals surface area contributed by atoms with Crippen molar-refractivity contribution in [2.45, 2.75) is 39.7 Å². The van der Waals surface area contributed by atoms with Gasteiger partial charge in [0.25, 0.3) is 5.91 Å². The molecular formula is C23H22N2O3. The number of aryl methyl sites for hydroxylation is 1. The Labute approximate surface area is 164 Å². The SMILES string of the molecule is CCc1cc2c3c(c1)C(=Nc1ccc4c(c1)OCO4)C(=O)N3C(C)(C)C=C2C. The molecule has 0 aromatic heterocycles. The van der Waals surface area contributed by atoms with E-state index in [4.69, 9.17) is 14.5 Å². The van der Waals surface area contributed by atoms with Gasteiger partial charge in [-0.05, 0) is 62.6 Å². The first-order valence-corrected chi connectivity index (χ1v) is 9.59. The minimum absolute atomic E-state index is 0.0593. The van der Waals surface area contributed by atoms with Crippen LogP contribution in [-0.4, -0.2) is 24.0 Å². The third kappa shape index (κ3) is 2.32. The van der Waals surface area contributed by atoms with Crippen molar-refractivity contribution in [1.29, 1.82) is 0 Å². The van der Waals surface area contributed by atoms with Gasteiger partial charge in [-0.1, -0.05) is 13.0 Å². The maximum atomic E-state index is 13.4. The number of carbonyl (C=O) groups is 1. The number of anilines is 1. The lowest BCUT2D eigenvalue weighted by Gasteiger charge is -2.38. The van der Waals surface area contributed by atoms with Crippen LogP contribution < -0.4 is 14.4 Å². The Hall–Kier alpha value is -3.08. The fourth-order valence-corrected chi connectivity index (χ4v) is 4.36. The van der Waals surface area contributed by atoms with E-state index in [0.29, 0.717) is 22.9 Å². The summed E-state index contributed by atoms with van der Waals surface area (Å²) in [5.41, 5.74) is 6.19. The van der Waals surface area contributed by atoms with E-state index in [1.54, 1.807) is 0 Å². The summed E-state index contributed by atoms with van der Waals surface area (Å²) < 4.78 is 10.8. The molecule has 28 heavy (non-hydrogen) atoms. The highest BCUT2D eigenvalue weighted by Crippen LogP contribution is 2.46. The number of fused-ring (bicyclic) bond motifs is 1. The van der Waals surface area contributed by atoms with Gasteiger partial charge >= 0.3 is 0 Å². The topological polar surface area (TPSA) is 51.1 Å². The maximum absolute atomic E-state index is 13.4. The zero-order valence-electron chi connectivity index (χ0n) is 16.5. The fraction of sp³-hybridized carbons (Fsp3) is 0.304. The predicted octanol–water partition coefficient (Wildman–Crippen LogP) is 4.64. The maximum Gasteiger partial charge on any atom is 0.278 e. The summed E-state index contributed by atoms with van der Waals surface area (Å²) in [5.74, 6) is 1.31. The third-order valence-electron chi connectivity index (χ3n) is 5.63. The Morgan fingerprint density at radius 1 is 1.11 bits per heavy atom. The van der Waals surface area contributed by atoms with E-state index < -0.39 is 5.54 Å². The lowest BCUT2D eigenvalue weighted by atomic mass is 9.88. The number of carbonyl (C=O) groups excluding carboxylic acids is 1. The van der Waals surface area contributed by atoms with Gasteiger partial charge in [0, 0.05) is 17.2 Å². The van der Waals surface area contributed by atoms with Crippen LogP contribution in [0.5, 0.6) is 11.5 Å². The molecule has 0 saturated heterocycles. The van der Waals surface area contributed by atoms with Crippen LogP contribution in [0.2, 0.25) is 0 Å². The second kappa shape index (κ2) is 5.71. The summed E-state index contributed by atoms with van der Waals surface area (Å²) >= 11 is 0. The van der Waals surface area contributed by atoms with Crippen LogP contribution in [0.3, 0.4) is 0 Å². The molecule has 2 aromatic rings. The van der Waals surface area contributed by atoms with Crippen molar-refractivity contribution in [2.24, 2.45) is 4.99 Å². The van der Waals surface area contributed by atoms with Crippen LogP contribution in [0.25, 0.3) is 5.57 Å². The van der Waals surface area contributed by atoms with Gasteiger partial charge in [-0.3, -0.25) is 9.69 Å². The molecule has 0 aliphatic carbocycles. The Bertz CT molecular complexity index is 1100. The molecule has 3 aliphatic heterocycles. The zero-order valence-corrected chi connectivity index (χ0v) is 16.5. The summed E-state index contributed by atoms with van der Waals surface area (Å²) in [6.45, 7) is 8.60. The molecule has 0 saturated carbocycles. The van der Waals surface area contributed by atoms with Crippen molar-refractivity contribution in [2.75, 3.05) is 11.7 Å². The molecule has 142 valence electrons. The second-order valence-electron chi connectivity index (χ2n) is 8.01. The summed E-state index contributed by atoms with van der Waals surface area (Å²) in [6.07, 6.45) is 3.07. The minimum atomic E-state index is -0.400. The van der Waals surface area contributed by atoms with Crippen molar-refractivity contribution in [3.8, 4) is 11.5 Å². The van der Waals surface area contributed by atoms with Gasteiger partial charge in [0.15, 0.2) is 11.5 Å². The number of allylic oxidation sites excluding steroid dienone is 1. The Balaban J connectivity index is 1.72. The third-order valence-corrected chi connectivity index (χ3v) is 5.63. The molecule has 0 radical (unpaired) electrons. The summed E-state index contributed by atoms with van der Waals surface area (Å²) in [4.78, 5) is 20.1. The molecule has 0 bridgehead atoms. The lowest BCUT2D eigenvalue weighted by Crippen LogP contribution is -2.47. The van der Waals surface area contributed by atoms with Crippen LogP contribution in [-0.2, 0) is 11.2 Å². The number of rotatable bonds is 2. The summed E-state index contributed by atoms with van der Waals surface area (Å²) in [5, 5.41) is 0. The van der Waals surface area contributed by atoms with Gasteiger partial charge in [0.2, 0.25) is 6.79 Å². The molecular weight excluding hydrogens is 352 g/mol. The van der Waals surface area contributed by atoms with E-state index >= 15 is 0 Å². The number of ether oxygens (including phenoxy) is 2. The van der Waals surface area contributed by atoms with Crippen molar-refractivity contribution in [1.82, 2.24) is 0 Å². The monoisotopic (exact) mass is 374 g/mol. The highest BCUT2D eigenvalue weighted by molar-refractivity contribution is 6.55. The molecule has 0 fully saturated rings. The van der Waals surface area contributed by atoms with Gasteiger partial charge in [-0.2, -0.15) is 0 Å². The van der Waals surface area contributed by atoms with Crippen LogP contribution in [0, 0.1) is 0 Å². The van der Waals surface area contributed by atoms with E-state index in [1.807, 2.05) is 23.1 Å². The Kier molecular flexibility index (Phi) is 3.48. The molecule has 3 heterocycles. The zero-order chi connectivity index (χ0) is 19.6. The quantitative estimate of drug-likeness (QED) is 0.769. The Morgan fingerprint density at radius 2 is 1.86 bits per heavy atom. The van der Waals surface area contributed by atoms with E-state index in [-0.39, 0.29) is 12.7 Å². The molecule has 2 aromatic carbocycles. The first-order valence-electron chi connectivity index (χ1n) is 9.59. The van der Waals surface area contributed by atoms with Crippen LogP contribution >= 0.6 is 0 Å². The van der Waals surface area contributed by atoms with Crippen LogP contribution in [0.1, 0.15) is 44.4 Å². The average Bonchev–Trinajstić information content (AvgIpc) is 3.22. The molecule has 5 heteroatoms. The van der Waals surface area contributed by atoms with Crippen molar-refractivity contribution >= 4 is 28.6 Å². The first kappa shape index (κ1) is 17.0. The van der Waals surface area contributed by atoms with Crippen LogP contribution in [0.4, 0.5) is 11.4 Å². The fourth-order valence-electron chi connectivity index (χ4n) is 4.36. The number of hydrogen-bond donors (Lipinski definition) is 0. The second-order valence-corrected chi connectivity index (χ2v) is 8.01. The average molecular weight is 374 g/mol. The molecule has 0 atom stereocenters. The molecule has 1 amide bonds. The highest BCUT2D eigenvalue weighted by atomic mass is 16.7. The van der Waals surface area contributed by atoms with Crippen molar-refractivity contribution < 1.29 is 14.3 Å². The smallest absolute Gasteiger partial charge is 0.278 e. The largest absolute Gasteiger partial charge is 0.454 e. The van der Waals surface area contributed by atoms with Crippen molar-refractivity contribution in [3.63, 3.8) is 0 Å². The Morgan fingerprint density at radius 3 is 2.64 bits per heavy atom. The van der Waals surface area contributed by atoms with Gasteiger partial charge in [0.05, 0.1) is 16.9 Å². The first-order chi connectivity index (χ1) is 13.4. The number of aliphatic imine (C=N–C) groups is 1. The van der Waals surface area contributed by atoms with Gasteiger partial charge in [-0.25, -0.2) is 4.99 Å². The van der Waals surface area contributed by atoms with E-state index in [9.17, 15) is 4.79 Å². The van der Waals surface area contributed by atoms with E-state index in [0.717, 1.165) is 23.2 Å². The molecule has 3 aliphatic rings. The number of benzene rings is 2.